The highest BCUT2D eigenvalue weighted by Gasteiger charge is 2.25. The third kappa shape index (κ3) is 9.20. The zero-order valence-electron chi connectivity index (χ0n) is 18.5. The normalized spacial score (nSPS) is 24.0. The first-order valence-electron chi connectivity index (χ1n) is 10.9. The van der Waals surface area contributed by atoms with Gasteiger partial charge in [-0.15, -0.1) is 0 Å². The van der Waals surface area contributed by atoms with Gasteiger partial charge in [-0.2, -0.15) is 0 Å². The minimum absolute atomic E-state index is 0.240. The molecule has 2 aliphatic heterocycles. The number of carbonyl (C=O) groups excluding carboxylic acids is 2. The van der Waals surface area contributed by atoms with Crippen LogP contribution in [0.2, 0.25) is 0 Å². The number of rotatable bonds is 7. The van der Waals surface area contributed by atoms with Crippen molar-refractivity contribution in [2.24, 2.45) is 5.92 Å². The van der Waals surface area contributed by atoms with Gasteiger partial charge in [0.1, 0.15) is 13.1 Å². The molecule has 29 heavy (non-hydrogen) atoms. The van der Waals surface area contributed by atoms with Gasteiger partial charge >= 0.3 is 0 Å². The summed E-state index contributed by atoms with van der Waals surface area (Å²) in [6.07, 6.45) is 6.68. The maximum atomic E-state index is 10.2. The van der Waals surface area contributed by atoms with Gasteiger partial charge in [0.2, 0.25) is 0 Å². The molecule has 164 valence electrons. The standard InChI is InChI=1S/C12H23NO2.C11H15N.CH2O/c1-10(5-4-8-14)12(15)9-11-6-3-7-13(11)2;1-12-8-7-11(9-12)10-5-3-2-4-6-10;1-2/h8,10-12,15H,3-7,9H2,1-2H3;2-6,11H,7-9H2,1H3;1H2/t10-,11-,12?;;/m1../s1. The largest absolute Gasteiger partial charge is 0.393 e. The van der Waals surface area contributed by atoms with Crippen molar-refractivity contribution in [1.29, 1.82) is 0 Å². The van der Waals surface area contributed by atoms with Crippen molar-refractivity contribution in [3.63, 3.8) is 0 Å². The molecule has 0 aliphatic carbocycles. The van der Waals surface area contributed by atoms with E-state index in [2.05, 4.69) is 54.2 Å². The molecule has 1 aromatic carbocycles. The second-order valence-electron chi connectivity index (χ2n) is 8.46. The van der Waals surface area contributed by atoms with Gasteiger partial charge < -0.3 is 24.5 Å². The van der Waals surface area contributed by atoms with Crippen LogP contribution >= 0.6 is 0 Å². The monoisotopic (exact) mass is 404 g/mol. The number of likely N-dealkylation sites (N-methyl/N-ethyl adjacent to an activating group) is 1. The van der Waals surface area contributed by atoms with Gasteiger partial charge in [0, 0.05) is 19.0 Å². The third-order valence-electron chi connectivity index (χ3n) is 6.24. The van der Waals surface area contributed by atoms with E-state index in [9.17, 15) is 9.90 Å². The van der Waals surface area contributed by atoms with Gasteiger partial charge in [-0.25, -0.2) is 0 Å². The maximum absolute atomic E-state index is 10.2. The molecule has 0 bridgehead atoms. The Morgan fingerprint density at radius 1 is 1.17 bits per heavy atom. The number of likely N-dealkylation sites (tertiary alicyclic amines) is 2. The molecular weight excluding hydrogens is 364 g/mol. The topological polar surface area (TPSA) is 60.9 Å². The number of hydrogen-bond acceptors (Lipinski definition) is 5. The molecule has 2 aliphatic rings. The van der Waals surface area contributed by atoms with Gasteiger partial charge in [0.05, 0.1) is 6.10 Å². The van der Waals surface area contributed by atoms with Gasteiger partial charge in [0.25, 0.3) is 0 Å². The molecule has 2 fully saturated rings. The Labute approximate surface area is 177 Å². The fourth-order valence-electron chi connectivity index (χ4n) is 4.24. The highest BCUT2D eigenvalue weighted by molar-refractivity contribution is 5.49. The lowest BCUT2D eigenvalue weighted by molar-refractivity contribution is -0.108. The Hall–Kier alpha value is -1.56. The molecule has 4 atom stereocenters. The van der Waals surface area contributed by atoms with Crippen LogP contribution in [0, 0.1) is 5.92 Å². The summed E-state index contributed by atoms with van der Waals surface area (Å²) in [4.78, 5) is 23.0. The summed E-state index contributed by atoms with van der Waals surface area (Å²) in [5.74, 6) is 1.01. The first kappa shape index (κ1) is 25.5. The Kier molecular flexibility index (Phi) is 12.7. The van der Waals surface area contributed by atoms with E-state index >= 15 is 0 Å². The predicted octanol–water partition coefficient (Wildman–Crippen LogP) is 3.37. The quantitative estimate of drug-likeness (QED) is 0.706. The predicted molar refractivity (Wildman–Crippen MR) is 119 cm³/mol. The van der Waals surface area contributed by atoms with Crippen molar-refractivity contribution in [3.05, 3.63) is 35.9 Å². The van der Waals surface area contributed by atoms with E-state index in [0.29, 0.717) is 12.5 Å². The Bertz CT molecular complexity index is 554. The molecule has 5 nitrogen and oxygen atoms in total. The summed E-state index contributed by atoms with van der Waals surface area (Å²) in [7, 11) is 4.32. The van der Waals surface area contributed by atoms with Crippen LogP contribution in [0.15, 0.2) is 30.3 Å². The molecular formula is C24H40N2O3. The zero-order chi connectivity index (χ0) is 21.6. The van der Waals surface area contributed by atoms with E-state index in [0.717, 1.165) is 31.6 Å². The molecule has 0 amide bonds. The second-order valence-corrected chi connectivity index (χ2v) is 8.46. The smallest absolute Gasteiger partial charge is 0.120 e. The number of aldehydes is 1. The summed E-state index contributed by atoms with van der Waals surface area (Å²) >= 11 is 0. The third-order valence-corrected chi connectivity index (χ3v) is 6.24. The lowest BCUT2D eigenvalue weighted by Crippen LogP contribution is -2.31. The van der Waals surface area contributed by atoms with E-state index < -0.39 is 0 Å². The van der Waals surface area contributed by atoms with Crippen molar-refractivity contribution >= 4 is 13.1 Å². The maximum Gasteiger partial charge on any atom is 0.120 e. The lowest BCUT2D eigenvalue weighted by atomic mass is 9.93. The van der Waals surface area contributed by atoms with E-state index in [1.807, 2.05) is 13.7 Å². The fraction of sp³-hybridized carbons (Fsp3) is 0.667. The summed E-state index contributed by atoms with van der Waals surface area (Å²) in [6.45, 7) is 7.66. The van der Waals surface area contributed by atoms with Crippen LogP contribution in [0.3, 0.4) is 0 Å². The van der Waals surface area contributed by atoms with Gasteiger partial charge in [-0.05, 0) is 76.7 Å². The number of nitrogens with zero attached hydrogens (tertiary/aromatic N) is 2. The average molecular weight is 405 g/mol. The summed E-state index contributed by atoms with van der Waals surface area (Å²) in [5, 5.41) is 9.98. The minimum atomic E-state index is -0.254. The van der Waals surface area contributed by atoms with E-state index in [-0.39, 0.29) is 12.0 Å². The number of aliphatic hydroxyl groups is 1. The van der Waals surface area contributed by atoms with Gasteiger partial charge in [-0.3, -0.25) is 0 Å². The first-order chi connectivity index (χ1) is 14.0. The Morgan fingerprint density at radius 3 is 2.38 bits per heavy atom. The van der Waals surface area contributed by atoms with Crippen molar-refractivity contribution in [1.82, 2.24) is 9.80 Å². The number of benzene rings is 1. The van der Waals surface area contributed by atoms with Crippen LogP contribution < -0.4 is 0 Å². The molecule has 0 spiro atoms. The highest BCUT2D eigenvalue weighted by Crippen LogP contribution is 2.25. The minimum Gasteiger partial charge on any atom is -0.393 e. The van der Waals surface area contributed by atoms with Gasteiger partial charge in [-0.1, -0.05) is 37.3 Å². The van der Waals surface area contributed by atoms with Crippen LogP contribution in [-0.4, -0.2) is 73.9 Å². The number of hydrogen-bond donors (Lipinski definition) is 1. The summed E-state index contributed by atoms with van der Waals surface area (Å²) in [5.41, 5.74) is 1.50. The highest BCUT2D eigenvalue weighted by atomic mass is 16.3. The molecule has 0 radical (unpaired) electrons. The van der Waals surface area contributed by atoms with Crippen LogP contribution in [0.5, 0.6) is 0 Å². The van der Waals surface area contributed by atoms with Gasteiger partial charge in [0.15, 0.2) is 0 Å². The summed E-state index contributed by atoms with van der Waals surface area (Å²) < 4.78 is 0. The van der Waals surface area contributed by atoms with Crippen molar-refractivity contribution in [2.75, 3.05) is 33.7 Å². The first-order valence-corrected chi connectivity index (χ1v) is 10.9. The van der Waals surface area contributed by atoms with E-state index in [4.69, 9.17) is 4.79 Å². The molecule has 2 saturated heterocycles. The Morgan fingerprint density at radius 2 is 1.86 bits per heavy atom. The molecule has 0 aromatic heterocycles. The average Bonchev–Trinajstić information content (AvgIpc) is 3.37. The molecule has 3 rings (SSSR count). The van der Waals surface area contributed by atoms with Crippen molar-refractivity contribution in [2.45, 2.75) is 63.5 Å². The summed E-state index contributed by atoms with van der Waals surface area (Å²) in [6, 6.07) is 11.4. The van der Waals surface area contributed by atoms with Crippen LogP contribution in [-0.2, 0) is 9.59 Å². The Balaban J connectivity index is 0.000000272. The van der Waals surface area contributed by atoms with E-state index in [1.54, 1.807) is 0 Å². The number of aliphatic hydroxyl groups excluding tert-OH is 1. The molecule has 5 heteroatoms. The molecule has 2 unspecified atom stereocenters. The zero-order valence-corrected chi connectivity index (χ0v) is 18.5. The van der Waals surface area contributed by atoms with Crippen LogP contribution in [0.1, 0.15) is 56.9 Å². The fourth-order valence-corrected chi connectivity index (χ4v) is 4.24. The molecule has 0 saturated carbocycles. The molecule has 1 aromatic rings. The van der Waals surface area contributed by atoms with Crippen molar-refractivity contribution in [3.8, 4) is 0 Å². The van der Waals surface area contributed by atoms with E-state index in [1.165, 1.54) is 37.9 Å². The SMILES string of the molecule is C=O.CN1CCC(c2ccccc2)C1.C[C@H](CCC=O)C(O)C[C@H]1CCCN1C. The number of carbonyl (C=O) groups is 2. The lowest BCUT2D eigenvalue weighted by Gasteiger charge is -2.25. The molecule has 1 N–H and O–H groups in total. The van der Waals surface area contributed by atoms with Crippen LogP contribution in [0.4, 0.5) is 0 Å². The second kappa shape index (κ2) is 14.4. The van der Waals surface area contributed by atoms with Crippen LogP contribution in [0.25, 0.3) is 0 Å². The molecule has 2 heterocycles. The van der Waals surface area contributed by atoms with Crippen molar-refractivity contribution < 1.29 is 14.7 Å².